The molecule has 10 nitrogen and oxygen atoms in total. The second-order valence-corrected chi connectivity index (χ2v) is 9.64. The Morgan fingerprint density at radius 2 is 2.06 bits per heavy atom. The highest BCUT2D eigenvalue weighted by molar-refractivity contribution is 7.92. The van der Waals surface area contributed by atoms with Crippen LogP contribution in [0.25, 0.3) is 22.6 Å². The van der Waals surface area contributed by atoms with Crippen LogP contribution in [-0.4, -0.2) is 45.0 Å². The van der Waals surface area contributed by atoms with Gasteiger partial charge in [-0.2, -0.15) is 5.10 Å². The number of H-pyrrole nitrogens is 1. The van der Waals surface area contributed by atoms with Gasteiger partial charge >= 0.3 is 0 Å². The maximum Gasteiger partial charge on any atom is 0.229 e. The van der Waals surface area contributed by atoms with Crippen molar-refractivity contribution in [2.75, 3.05) is 16.3 Å². The van der Waals surface area contributed by atoms with E-state index >= 15 is 0 Å². The first-order valence-corrected chi connectivity index (χ1v) is 12.7. The fraction of sp³-hybridized carbons (Fsp3) is 0.167. The van der Waals surface area contributed by atoms with Crippen LogP contribution < -0.4 is 10.0 Å². The summed E-state index contributed by atoms with van der Waals surface area (Å²) in [6, 6.07) is 10.8. The van der Waals surface area contributed by atoms with Crippen molar-refractivity contribution in [3.63, 3.8) is 0 Å². The number of pyridine rings is 1. The maximum absolute atomic E-state index is 11.5. The topological polar surface area (TPSA) is 129 Å². The minimum absolute atomic E-state index is 0.367. The monoisotopic (exact) mass is 490 g/mol. The van der Waals surface area contributed by atoms with Crippen molar-refractivity contribution in [3.8, 4) is 11.3 Å². The number of aromatic amines is 1. The Labute approximate surface area is 203 Å². The fourth-order valence-corrected chi connectivity index (χ4v) is 4.08. The summed E-state index contributed by atoms with van der Waals surface area (Å²) in [5.74, 6) is 0.662. The van der Waals surface area contributed by atoms with Crippen molar-refractivity contribution in [1.82, 2.24) is 24.6 Å². The molecule has 180 valence electrons. The minimum atomic E-state index is -3.36. The van der Waals surface area contributed by atoms with Crippen LogP contribution in [0.1, 0.15) is 25.4 Å². The van der Waals surface area contributed by atoms with Gasteiger partial charge in [-0.25, -0.2) is 22.9 Å². The van der Waals surface area contributed by atoms with Crippen LogP contribution in [0, 0.1) is 0 Å². The van der Waals surface area contributed by atoms with E-state index in [1.54, 1.807) is 22.7 Å². The van der Waals surface area contributed by atoms with Crippen LogP contribution in [-0.2, 0) is 16.6 Å². The van der Waals surface area contributed by atoms with E-state index in [0.717, 1.165) is 28.9 Å². The average molecular weight is 491 g/mol. The van der Waals surface area contributed by atoms with E-state index in [9.17, 15) is 8.42 Å². The average Bonchev–Trinajstić information content (AvgIpc) is 3.43. The van der Waals surface area contributed by atoms with Crippen molar-refractivity contribution >= 4 is 38.5 Å². The van der Waals surface area contributed by atoms with Gasteiger partial charge in [0.05, 0.1) is 35.6 Å². The number of imidazole rings is 1. The Kier molecular flexibility index (Phi) is 6.78. The lowest BCUT2D eigenvalue weighted by Gasteiger charge is -2.08. The van der Waals surface area contributed by atoms with Gasteiger partial charge in [-0.05, 0) is 50.3 Å². The summed E-state index contributed by atoms with van der Waals surface area (Å²) in [7, 11) is -3.36. The summed E-state index contributed by atoms with van der Waals surface area (Å²) in [5, 5.41) is 7.49. The standard InChI is InChI=1S/C24H26N8O2S/c1-5-7-16(2)28-17(3)23-24(18-10-11-22-26-15-27-32(22)14-18)30-21(29-23)13-25-19-8-6-9-20(12-19)31-35(4,33)34/h5-12,14-15,25,31H,3,13H2,1-2,4H3,(H,29,30)/b7-5-,28-16?. The number of aromatic nitrogens is 5. The first-order chi connectivity index (χ1) is 16.7. The van der Waals surface area contributed by atoms with Gasteiger partial charge in [0, 0.05) is 23.2 Å². The predicted molar refractivity (Wildman–Crippen MR) is 140 cm³/mol. The van der Waals surface area contributed by atoms with E-state index in [4.69, 9.17) is 4.98 Å². The van der Waals surface area contributed by atoms with E-state index in [0.29, 0.717) is 35.1 Å². The highest BCUT2D eigenvalue weighted by Crippen LogP contribution is 2.28. The molecule has 0 aliphatic carbocycles. The van der Waals surface area contributed by atoms with Crippen LogP contribution in [0.3, 0.4) is 0 Å². The molecule has 0 radical (unpaired) electrons. The Bertz CT molecular complexity index is 1550. The molecule has 4 aromatic rings. The number of aliphatic imine (C=N–C) groups is 1. The van der Waals surface area contributed by atoms with Crippen molar-refractivity contribution in [2.45, 2.75) is 20.4 Å². The third kappa shape index (κ3) is 6.01. The van der Waals surface area contributed by atoms with Crippen LogP contribution in [0.2, 0.25) is 0 Å². The number of hydrogen-bond acceptors (Lipinski definition) is 7. The van der Waals surface area contributed by atoms with E-state index in [2.05, 4.69) is 36.7 Å². The summed E-state index contributed by atoms with van der Waals surface area (Å²) < 4.78 is 27.2. The number of sulfonamides is 1. The maximum atomic E-state index is 11.5. The SMILES string of the molecule is C=C(N=C(C)/C=C\C)c1[nH]c(CNc2cccc(NS(C)(=O)=O)c2)nc1-c1ccc2ncnn2c1. The number of fused-ring (bicyclic) bond motifs is 1. The number of rotatable bonds is 9. The molecular formula is C24H26N8O2S. The minimum Gasteiger partial charge on any atom is -0.378 e. The van der Waals surface area contributed by atoms with Gasteiger partial charge in [0.15, 0.2) is 5.65 Å². The van der Waals surface area contributed by atoms with Gasteiger partial charge in [0.2, 0.25) is 10.0 Å². The number of allylic oxidation sites excluding steroid dienone is 2. The smallest absolute Gasteiger partial charge is 0.229 e. The van der Waals surface area contributed by atoms with Crippen molar-refractivity contribution in [2.24, 2.45) is 4.99 Å². The second kappa shape index (κ2) is 9.94. The number of nitrogens with zero attached hydrogens (tertiary/aromatic N) is 5. The number of benzene rings is 1. The molecule has 0 saturated heterocycles. The molecule has 0 saturated carbocycles. The molecule has 4 rings (SSSR count). The fourth-order valence-electron chi connectivity index (χ4n) is 3.52. The Balaban J connectivity index is 1.65. The Hall–Kier alpha value is -4.25. The quantitative estimate of drug-likeness (QED) is 0.303. The highest BCUT2D eigenvalue weighted by atomic mass is 32.2. The molecule has 1 aromatic carbocycles. The number of nitrogens with one attached hydrogen (secondary N) is 3. The molecular weight excluding hydrogens is 464 g/mol. The zero-order valence-corrected chi connectivity index (χ0v) is 20.5. The molecule has 0 aliphatic rings. The molecule has 3 N–H and O–H groups in total. The van der Waals surface area contributed by atoms with Gasteiger partial charge in [-0.1, -0.05) is 18.7 Å². The van der Waals surface area contributed by atoms with Gasteiger partial charge in [0.25, 0.3) is 0 Å². The largest absolute Gasteiger partial charge is 0.378 e. The van der Waals surface area contributed by atoms with E-state index < -0.39 is 10.0 Å². The lowest BCUT2D eigenvalue weighted by molar-refractivity contribution is 0.607. The molecule has 11 heteroatoms. The van der Waals surface area contributed by atoms with Crippen molar-refractivity contribution in [1.29, 1.82) is 0 Å². The molecule has 0 unspecified atom stereocenters. The number of anilines is 2. The van der Waals surface area contributed by atoms with Crippen LogP contribution in [0.15, 0.2) is 72.6 Å². The molecule has 0 amide bonds. The molecule has 0 spiro atoms. The van der Waals surface area contributed by atoms with Gasteiger partial charge in [-0.15, -0.1) is 0 Å². The van der Waals surface area contributed by atoms with E-state index in [1.165, 1.54) is 6.33 Å². The number of hydrogen-bond donors (Lipinski definition) is 3. The van der Waals surface area contributed by atoms with Gasteiger partial charge < -0.3 is 10.3 Å². The summed E-state index contributed by atoms with van der Waals surface area (Å²) in [5.41, 5.74) is 5.53. The van der Waals surface area contributed by atoms with Gasteiger partial charge in [0.1, 0.15) is 12.2 Å². The van der Waals surface area contributed by atoms with Crippen molar-refractivity contribution in [3.05, 3.63) is 79.2 Å². The van der Waals surface area contributed by atoms with Crippen LogP contribution in [0.5, 0.6) is 0 Å². The normalized spacial score (nSPS) is 12.4. The zero-order valence-electron chi connectivity index (χ0n) is 19.6. The highest BCUT2D eigenvalue weighted by Gasteiger charge is 2.16. The first kappa shape index (κ1) is 23.9. The van der Waals surface area contributed by atoms with E-state index in [-0.39, 0.29) is 0 Å². The molecule has 35 heavy (non-hydrogen) atoms. The molecule has 0 fully saturated rings. The van der Waals surface area contributed by atoms with Gasteiger partial charge in [-0.3, -0.25) is 9.71 Å². The Morgan fingerprint density at radius 1 is 1.26 bits per heavy atom. The summed E-state index contributed by atoms with van der Waals surface area (Å²) in [6.45, 7) is 8.35. The molecule has 0 bridgehead atoms. The lowest BCUT2D eigenvalue weighted by atomic mass is 10.1. The first-order valence-electron chi connectivity index (χ1n) is 10.8. The zero-order chi connectivity index (χ0) is 25.0. The summed E-state index contributed by atoms with van der Waals surface area (Å²) >= 11 is 0. The summed E-state index contributed by atoms with van der Waals surface area (Å²) in [4.78, 5) is 16.9. The Morgan fingerprint density at radius 3 is 2.83 bits per heavy atom. The predicted octanol–water partition coefficient (Wildman–Crippen LogP) is 4.11. The van der Waals surface area contributed by atoms with Crippen LogP contribution >= 0.6 is 0 Å². The summed E-state index contributed by atoms with van der Waals surface area (Å²) in [6.07, 6.45) is 8.29. The molecule has 3 aromatic heterocycles. The van der Waals surface area contributed by atoms with Crippen molar-refractivity contribution < 1.29 is 8.42 Å². The molecule has 0 atom stereocenters. The van der Waals surface area contributed by atoms with E-state index in [1.807, 2.05) is 50.4 Å². The third-order valence-electron chi connectivity index (χ3n) is 4.93. The van der Waals surface area contributed by atoms with Crippen LogP contribution in [0.4, 0.5) is 11.4 Å². The second-order valence-electron chi connectivity index (χ2n) is 7.90. The lowest BCUT2D eigenvalue weighted by Crippen LogP contribution is -2.09. The molecule has 3 heterocycles. The third-order valence-corrected chi connectivity index (χ3v) is 5.54. The molecule has 0 aliphatic heterocycles.